The normalized spacial score (nSPS) is 11.8. The third-order valence-electron chi connectivity index (χ3n) is 5.36. The van der Waals surface area contributed by atoms with Gasteiger partial charge in [0.15, 0.2) is 5.65 Å². The maximum absolute atomic E-state index is 12.5. The van der Waals surface area contributed by atoms with E-state index in [2.05, 4.69) is 39.5 Å². The lowest BCUT2D eigenvalue weighted by atomic mass is 10.1. The van der Waals surface area contributed by atoms with Crippen LogP contribution in [0.25, 0.3) is 16.9 Å². The highest BCUT2D eigenvalue weighted by atomic mass is 16.5. The van der Waals surface area contributed by atoms with Crippen LogP contribution in [0.2, 0.25) is 0 Å². The second-order valence-electron chi connectivity index (χ2n) is 8.88. The van der Waals surface area contributed by atoms with Gasteiger partial charge in [0, 0.05) is 30.8 Å². The summed E-state index contributed by atoms with van der Waals surface area (Å²) in [4.78, 5) is 19.2. The number of carbonyl (C=O) groups excluding carboxylic acids is 1. The minimum atomic E-state index is -0.162. The van der Waals surface area contributed by atoms with Gasteiger partial charge in [-0.05, 0) is 58.1 Å². The first kappa shape index (κ1) is 24.7. The number of aromatic nitrogens is 3. The minimum Gasteiger partial charge on any atom is -0.374 e. The van der Waals surface area contributed by atoms with Crippen LogP contribution < -0.4 is 10.6 Å². The van der Waals surface area contributed by atoms with Gasteiger partial charge >= 0.3 is 0 Å². The molecule has 0 saturated heterocycles. The van der Waals surface area contributed by atoms with Gasteiger partial charge in [-0.25, -0.2) is 9.50 Å². The maximum atomic E-state index is 12.5. The molecule has 3 rings (SSSR count). The van der Waals surface area contributed by atoms with Crippen molar-refractivity contribution in [3.63, 3.8) is 0 Å². The number of nitrogens with zero attached hydrogens (tertiary/aromatic N) is 4. The number of likely N-dealkylation sites (N-methyl/N-ethyl adjacent to an activating group) is 1. The molecule has 0 aliphatic carbocycles. The number of benzene rings is 1. The summed E-state index contributed by atoms with van der Waals surface area (Å²) >= 11 is 0. The molecule has 2 aromatic heterocycles. The molecule has 0 atom stereocenters. The molecule has 0 spiro atoms. The Labute approximate surface area is 196 Å². The van der Waals surface area contributed by atoms with E-state index in [0.29, 0.717) is 25.3 Å². The summed E-state index contributed by atoms with van der Waals surface area (Å²) in [5.74, 6) is 0.692. The Morgan fingerprint density at radius 3 is 2.45 bits per heavy atom. The zero-order valence-corrected chi connectivity index (χ0v) is 20.4. The number of hydrogen-bond donors (Lipinski definition) is 2. The average molecular weight is 453 g/mol. The van der Waals surface area contributed by atoms with Gasteiger partial charge in [0.2, 0.25) is 0 Å². The summed E-state index contributed by atoms with van der Waals surface area (Å²) < 4.78 is 7.56. The largest absolute Gasteiger partial charge is 0.374 e. The molecule has 0 aliphatic rings. The summed E-state index contributed by atoms with van der Waals surface area (Å²) in [6, 6.07) is 11.4. The first-order valence-electron chi connectivity index (χ1n) is 11.6. The molecule has 2 heterocycles. The monoisotopic (exact) mass is 452 g/mol. The Bertz CT molecular complexity index is 1040. The first-order valence-corrected chi connectivity index (χ1v) is 11.6. The van der Waals surface area contributed by atoms with Gasteiger partial charge in [-0.3, -0.25) is 4.79 Å². The zero-order valence-electron chi connectivity index (χ0n) is 20.4. The summed E-state index contributed by atoms with van der Waals surface area (Å²) in [5.41, 5.74) is 3.06. The fourth-order valence-corrected chi connectivity index (χ4v) is 3.46. The number of hydrogen-bond acceptors (Lipinski definition) is 6. The smallest absolute Gasteiger partial charge is 0.251 e. The van der Waals surface area contributed by atoms with Crippen molar-refractivity contribution in [3.05, 3.63) is 48.2 Å². The first-order chi connectivity index (χ1) is 15.8. The molecular formula is C25H36N6O2. The van der Waals surface area contributed by atoms with E-state index in [1.165, 1.54) is 0 Å². The Kier molecular flexibility index (Phi) is 8.41. The molecule has 8 heteroatoms. The molecule has 178 valence electrons. The molecular weight excluding hydrogens is 416 g/mol. The standard InChI is InChI=1S/C25H36N6O2/c1-6-30(7-2)16-14-27-24(32)20-10-8-19(9-11-20)21-18-28-23-13-12-22(29-31(21)23)26-15-17-33-25(3,4)5/h8-13,18H,6-7,14-17H2,1-5H3,(H,26,29)(H,27,32). The van der Waals surface area contributed by atoms with E-state index in [0.717, 1.165) is 42.4 Å². The van der Waals surface area contributed by atoms with Crippen molar-refractivity contribution in [2.45, 2.75) is 40.2 Å². The van der Waals surface area contributed by atoms with Crippen molar-refractivity contribution >= 4 is 17.4 Å². The van der Waals surface area contributed by atoms with E-state index in [9.17, 15) is 4.79 Å². The highest BCUT2D eigenvalue weighted by molar-refractivity contribution is 5.94. The minimum absolute atomic E-state index is 0.0612. The molecule has 3 aromatic rings. The van der Waals surface area contributed by atoms with E-state index in [-0.39, 0.29) is 11.5 Å². The number of carbonyl (C=O) groups is 1. The van der Waals surface area contributed by atoms with Gasteiger partial charge in [0.1, 0.15) is 5.82 Å². The maximum Gasteiger partial charge on any atom is 0.251 e. The van der Waals surface area contributed by atoms with E-state index in [1.807, 2.05) is 61.7 Å². The predicted molar refractivity (Wildman–Crippen MR) is 133 cm³/mol. The second-order valence-corrected chi connectivity index (χ2v) is 8.88. The molecule has 0 radical (unpaired) electrons. The van der Waals surface area contributed by atoms with E-state index < -0.39 is 0 Å². The Hall–Kier alpha value is -2.97. The van der Waals surface area contributed by atoms with Crippen LogP contribution in [0, 0.1) is 0 Å². The van der Waals surface area contributed by atoms with E-state index in [4.69, 9.17) is 4.74 Å². The lowest BCUT2D eigenvalue weighted by Crippen LogP contribution is -2.34. The van der Waals surface area contributed by atoms with Crippen molar-refractivity contribution in [1.29, 1.82) is 0 Å². The number of nitrogens with one attached hydrogen (secondary N) is 2. The Morgan fingerprint density at radius 1 is 1.06 bits per heavy atom. The lowest BCUT2D eigenvalue weighted by molar-refractivity contribution is 0.00330. The number of imidazole rings is 1. The number of amides is 1. The summed E-state index contributed by atoms with van der Waals surface area (Å²) in [5, 5.41) is 11.0. The molecule has 0 unspecified atom stereocenters. The predicted octanol–water partition coefficient (Wildman–Crippen LogP) is 3.69. The topological polar surface area (TPSA) is 83.8 Å². The van der Waals surface area contributed by atoms with Gasteiger partial charge in [-0.15, -0.1) is 5.10 Å². The Morgan fingerprint density at radius 2 is 1.79 bits per heavy atom. The van der Waals surface area contributed by atoms with Crippen molar-refractivity contribution in [2.75, 3.05) is 44.6 Å². The van der Waals surface area contributed by atoms with Crippen molar-refractivity contribution in [2.24, 2.45) is 0 Å². The molecule has 33 heavy (non-hydrogen) atoms. The summed E-state index contributed by atoms with van der Waals surface area (Å²) in [7, 11) is 0. The van der Waals surface area contributed by atoms with Gasteiger partial charge in [0.05, 0.1) is 24.1 Å². The average Bonchev–Trinajstić information content (AvgIpc) is 3.22. The second kappa shape index (κ2) is 11.2. The van der Waals surface area contributed by atoms with Crippen LogP contribution in [0.4, 0.5) is 5.82 Å². The molecule has 1 amide bonds. The zero-order chi connectivity index (χ0) is 23.8. The molecule has 2 N–H and O–H groups in total. The molecule has 1 aromatic carbocycles. The molecule has 0 saturated carbocycles. The van der Waals surface area contributed by atoms with Crippen LogP contribution in [0.1, 0.15) is 45.0 Å². The Balaban J connectivity index is 1.64. The number of fused-ring (bicyclic) bond motifs is 1. The van der Waals surface area contributed by atoms with Crippen LogP contribution in [-0.4, -0.2) is 70.3 Å². The fraction of sp³-hybridized carbons (Fsp3) is 0.480. The number of anilines is 1. The fourth-order valence-electron chi connectivity index (χ4n) is 3.46. The van der Waals surface area contributed by atoms with Gasteiger partial charge in [0.25, 0.3) is 5.91 Å². The van der Waals surface area contributed by atoms with Crippen LogP contribution in [-0.2, 0) is 4.74 Å². The molecule has 8 nitrogen and oxygen atoms in total. The van der Waals surface area contributed by atoms with Crippen molar-refractivity contribution in [3.8, 4) is 11.3 Å². The van der Waals surface area contributed by atoms with Crippen LogP contribution in [0.3, 0.4) is 0 Å². The van der Waals surface area contributed by atoms with Crippen molar-refractivity contribution in [1.82, 2.24) is 24.8 Å². The van der Waals surface area contributed by atoms with E-state index >= 15 is 0 Å². The number of rotatable bonds is 11. The lowest BCUT2D eigenvalue weighted by Gasteiger charge is -2.19. The van der Waals surface area contributed by atoms with Crippen LogP contribution >= 0.6 is 0 Å². The summed E-state index contributed by atoms with van der Waals surface area (Å²) in [6.45, 7) is 15.1. The van der Waals surface area contributed by atoms with E-state index in [1.54, 1.807) is 6.20 Å². The number of ether oxygens (including phenoxy) is 1. The van der Waals surface area contributed by atoms with Crippen LogP contribution in [0.5, 0.6) is 0 Å². The van der Waals surface area contributed by atoms with Gasteiger partial charge in [-0.1, -0.05) is 26.0 Å². The van der Waals surface area contributed by atoms with Gasteiger partial charge in [-0.2, -0.15) is 0 Å². The summed E-state index contributed by atoms with van der Waals surface area (Å²) in [6.07, 6.45) is 1.80. The quantitative estimate of drug-likeness (QED) is 0.432. The third kappa shape index (κ3) is 7.00. The highest BCUT2D eigenvalue weighted by Gasteiger charge is 2.12. The molecule has 0 bridgehead atoms. The highest BCUT2D eigenvalue weighted by Crippen LogP contribution is 2.21. The third-order valence-corrected chi connectivity index (χ3v) is 5.36. The van der Waals surface area contributed by atoms with Gasteiger partial charge < -0.3 is 20.3 Å². The molecule has 0 aliphatic heterocycles. The van der Waals surface area contributed by atoms with Crippen LogP contribution in [0.15, 0.2) is 42.6 Å². The van der Waals surface area contributed by atoms with Crippen molar-refractivity contribution < 1.29 is 9.53 Å². The molecule has 0 fully saturated rings. The SMILES string of the molecule is CCN(CC)CCNC(=O)c1ccc(-c2cnc3ccc(NCCOC(C)(C)C)nn23)cc1.